The highest BCUT2D eigenvalue weighted by Crippen LogP contribution is 2.31. The van der Waals surface area contributed by atoms with Gasteiger partial charge in [0.05, 0.1) is 29.8 Å². The highest BCUT2D eigenvalue weighted by molar-refractivity contribution is 6.32. The number of hydrogen-bond donors (Lipinski definition) is 3. The van der Waals surface area contributed by atoms with Crippen LogP contribution in [0.1, 0.15) is 32.4 Å². The average Bonchev–Trinajstić information content (AvgIpc) is 2.68. The third-order valence-corrected chi connectivity index (χ3v) is 4.73. The molecule has 0 aliphatic heterocycles. The Kier molecular flexibility index (Phi) is 6.52. The summed E-state index contributed by atoms with van der Waals surface area (Å²) in [6.45, 7) is 5.71. The van der Waals surface area contributed by atoms with E-state index in [1.807, 2.05) is 32.9 Å². The van der Waals surface area contributed by atoms with Gasteiger partial charge in [0.15, 0.2) is 0 Å². The standard InChI is InChI=1S/C22H24ClN3O4/c1-12(2)30-20-11-19-14(9-18(20)23)8-17(21(27)26-19)13(3)24-15-6-5-7-16(10-15)25-22(28)29-4/h5-13,24H,1-4H3,(H,25,28)(H,26,27)/t13-/m0/s1. The summed E-state index contributed by atoms with van der Waals surface area (Å²) in [6, 6.07) is 12.2. The quantitative estimate of drug-likeness (QED) is 0.493. The van der Waals surface area contributed by atoms with Gasteiger partial charge in [-0.25, -0.2) is 4.79 Å². The molecule has 0 spiro atoms. The summed E-state index contributed by atoms with van der Waals surface area (Å²) in [7, 11) is 1.30. The Balaban J connectivity index is 1.87. The second-order valence-corrected chi connectivity index (χ2v) is 7.56. The maximum atomic E-state index is 12.7. The van der Waals surface area contributed by atoms with Crippen LogP contribution in [0.3, 0.4) is 0 Å². The van der Waals surface area contributed by atoms with Crippen LogP contribution < -0.4 is 20.9 Å². The number of rotatable bonds is 6. The number of aromatic amines is 1. The third-order valence-electron chi connectivity index (χ3n) is 4.43. The molecule has 3 aromatic rings. The zero-order chi connectivity index (χ0) is 21.8. The van der Waals surface area contributed by atoms with Crippen molar-refractivity contribution >= 4 is 40.0 Å². The predicted molar refractivity (Wildman–Crippen MR) is 120 cm³/mol. The predicted octanol–water partition coefficient (Wildman–Crippen LogP) is 5.32. The van der Waals surface area contributed by atoms with Crippen molar-refractivity contribution in [3.63, 3.8) is 0 Å². The van der Waals surface area contributed by atoms with Crippen molar-refractivity contribution < 1.29 is 14.3 Å². The summed E-state index contributed by atoms with van der Waals surface area (Å²) in [6.07, 6.45) is -0.580. The maximum Gasteiger partial charge on any atom is 0.411 e. The van der Waals surface area contributed by atoms with Crippen molar-refractivity contribution in [3.8, 4) is 5.75 Å². The van der Waals surface area contributed by atoms with Crippen LogP contribution in [-0.2, 0) is 4.74 Å². The molecule has 0 saturated heterocycles. The number of nitrogens with one attached hydrogen (secondary N) is 3. The molecule has 0 aliphatic carbocycles. The molecule has 3 rings (SSSR count). The van der Waals surface area contributed by atoms with Gasteiger partial charge in [-0.1, -0.05) is 17.7 Å². The minimum Gasteiger partial charge on any atom is -0.489 e. The zero-order valence-corrected chi connectivity index (χ0v) is 18.0. The van der Waals surface area contributed by atoms with Gasteiger partial charge in [-0.2, -0.15) is 0 Å². The molecule has 8 heteroatoms. The molecule has 1 amide bonds. The van der Waals surface area contributed by atoms with Crippen LogP contribution in [0.25, 0.3) is 10.9 Å². The van der Waals surface area contributed by atoms with E-state index >= 15 is 0 Å². The minimum absolute atomic E-state index is 0.0281. The van der Waals surface area contributed by atoms with E-state index in [-0.39, 0.29) is 17.7 Å². The Morgan fingerprint density at radius 3 is 2.53 bits per heavy atom. The monoisotopic (exact) mass is 429 g/mol. The molecule has 0 saturated carbocycles. The minimum atomic E-state index is -0.552. The fourth-order valence-corrected chi connectivity index (χ4v) is 3.29. The molecule has 3 N–H and O–H groups in total. The number of pyridine rings is 1. The summed E-state index contributed by atoms with van der Waals surface area (Å²) in [4.78, 5) is 27.0. The van der Waals surface area contributed by atoms with E-state index in [0.29, 0.717) is 27.5 Å². The first-order valence-electron chi connectivity index (χ1n) is 9.51. The Morgan fingerprint density at radius 2 is 1.83 bits per heavy atom. The lowest BCUT2D eigenvalue weighted by Gasteiger charge is -2.17. The number of amides is 1. The molecule has 0 bridgehead atoms. The van der Waals surface area contributed by atoms with Gasteiger partial charge in [0.1, 0.15) is 5.75 Å². The Labute approximate surface area is 179 Å². The summed E-state index contributed by atoms with van der Waals surface area (Å²) >= 11 is 6.34. The second-order valence-electron chi connectivity index (χ2n) is 7.15. The lowest BCUT2D eigenvalue weighted by atomic mass is 10.1. The first-order chi connectivity index (χ1) is 14.3. The Bertz CT molecular complexity index is 1130. The van der Waals surface area contributed by atoms with E-state index in [4.69, 9.17) is 16.3 Å². The third kappa shape index (κ3) is 5.04. The Morgan fingerprint density at radius 1 is 1.10 bits per heavy atom. The number of carbonyl (C=O) groups excluding carboxylic acids is 1. The molecule has 0 unspecified atom stereocenters. The second kappa shape index (κ2) is 9.09. The number of anilines is 2. The molecule has 0 radical (unpaired) electrons. The van der Waals surface area contributed by atoms with E-state index in [2.05, 4.69) is 20.4 Å². The topological polar surface area (TPSA) is 92.4 Å². The first kappa shape index (κ1) is 21.5. The molecule has 1 aromatic heterocycles. The van der Waals surface area contributed by atoms with E-state index in [1.54, 1.807) is 30.3 Å². The van der Waals surface area contributed by atoms with Gasteiger partial charge in [0.2, 0.25) is 0 Å². The SMILES string of the molecule is COC(=O)Nc1cccc(N[C@@H](C)c2cc3cc(Cl)c(OC(C)C)cc3[nH]c2=O)c1. The molecule has 0 aliphatic rings. The summed E-state index contributed by atoms with van der Waals surface area (Å²) in [5.74, 6) is 0.531. The van der Waals surface area contributed by atoms with Gasteiger partial charge in [-0.3, -0.25) is 10.1 Å². The van der Waals surface area contributed by atoms with Crippen molar-refractivity contribution in [3.05, 3.63) is 63.4 Å². The van der Waals surface area contributed by atoms with E-state index in [9.17, 15) is 9.59 Å². The van der Waals surface area contributed by atoms with Crippen LogP contribution in [0.2, 0.25) is 5.02 Å². The molecular weight excluding hydrogens is 406 g/mol. The lowest BCUT2D eigenvalue weighted by Crippen LogP contribution is -2.19. The largest absolute Gasteiger partial charge is 0.489 e. The van der Waals surface area contributed by atoms with Gasteiger partial charge >= 0.3 is 6.09 Å². The highest BCUT2D eigenvalue weighted by Gasteiger charge is 2.14. The molecule has 2 aromatic carbocycles. The first-order valence-corrected chi connectivity index (χ1v) is 9.89. The number of benzene rings is 2. The van der Waals surface area contributed by atoms with Crippen LogP contribution >= 0.6 is 11.6 Å². The van der Waals surface area contributed by atoms with E-state index in [0.717, 1.165) is 11.1 Å². The smallest absolute Gasteiger partial charge is 0.411 e. The van der Waals surface area contributed by atoms with Crippen molar-refractivity contribution in [2.24, 2.45) is 0 Å². The zero-order valence-electron chi connectivity index (χ0n) is 17.2. The molecular formula is C22H24ClN3O4. The van der Waals surface area contributed by atoms with Gasteiger partial charge in [0.25, 0.3) is 5.56 Å². The Hall–Kier alpha value is -3.19. The van der Waals surface area contributed by atoms with Gasteiger partial charge < -0.3 is 19.8 Å². The van der Waals surface area contributed by atoms with E-state index in [1.165, 1.54) is 7.11 Å². The van der Waals surface area contributed by atoms with Gasteiger partial charge in [-0.15, -0.1) is 0 Å². The van der Waals surface area contributed by atoms with E-state index < -0.39 is 6.09 Å². The van der Waals surface area contributed by atoms with Crippen LogP contribution in [0, 0.1) is 0 Å². The normalized spacial score (nSPS) is 11.9. The highest BCUT2D eigenvalue weighted by atomic mass is 35.5. The lowest BCUT2D eigenvalue weighted by molar-refractivity contribution is 0.187. The van der Waals surface area contributed by atoms with Crippen molar-refractivity contribution in [1.82, 2.24) is 4.98 Å². The van der Waals surface area contributed by atoms with Crippen molar-refractivity contribution in [2.75, 3.05) is 17.7 Å². The fraction of sp³-hybridized carbons (Fsp3) is 0.273. The number of ether oxygens (including phenoxy) is 2. The van der Waals surface area contributed by atoms with Crippen LogP contribution in [0.15, 0.2) is 47.3 Å². The maximum absolute atomic E-state index is 12.7. The molecule has 7 nitrogen and oxygen atoms in total. The van der Waals surface area contributed by atoms with Gasteiger partial charge in [0, 0.05) is 28.4 Å². The van der Waals surface area contributed by atoms with Crippen molar-refractivity contribution in [2.45, 2.75) is 32.9 Å². The number of H-pyrrole nitrogens is 1. The van der Waals surface area contributed by atoms with Crippen LogP contribution in [0.4, 0.5) is 16.2 Å². The number of aromatic nitrogens is 1. The molecule has 158 valence electrons. The number of fused-ring (bicyclic) bond motifs is 1. The average molecular weight is 430 g/mol. The molecule has 1 heterocycles. The van der Waals surface area contributed by atoms with Crippen molar-refractivity contribution in [1.29, 1.82) is 0 Å². The van der Waals surface area contributed by atoms with Gasteiger partial charge in [-0.05, 0) is 51.1 Å². The molecule has 1 atom stereocenters. The van der Waals surface area contributed by atoms with Crippen LogP contribution in [-0.4, -0.2) is 24.3 Å². The number of halogens is 1. The number of carbonyl (C=O) groups is 1. The van der Waals surface area contributed by atoms with Crippen LogP contribution in [0.5, 0.6) is 5.75 Å². The number of hydrogen-bond acceptors (Lipinski definition) is 5. The summed E-state index contributed by atoms with van der Waals surface area (Å²) in [5.41, 5.74) is 2.33. The number of methoxy groups -OCH3 is 1. The molecule has 0 fully saturated rings. The molecule has 30 heavy (non-hydrogen) atoms. The summed E-state index contributed by atoms with van der Waals surface area (Å²) < 4.78 is 10.3. The fourth-order valence-electron chi connectivity index (χ4n) is 3.07. The summed E-state index contributed by atoms with van der Waals surface area (Å²) in [5, 5.41) is 7.18.